The van der Waals surface area contributed by atoms with E-state index in [9.17, 15) is 14.4 Å². The summed E-state index contributed by atoms with van der Waals surface area (Å²) in [6, 6.07) is 6.34. The van der Waals surface area contributed by atoms with Crippen molar-refractivity contribution in [1.29, 1.82) is 0 Å². The summed E-state index contributed by atoms with van der Waals surface area (Å²) in [7, 11) is 1.54. The lowest BCUT2D eigenvalue weighted by Gasteiger charge is -2.16. The smallest absolute Gasteiger partial charge is 0.325 e. The van der Waals surface area contributed by atoms with Gasteiger partial charge in [-0.05, 0) is 18.6 Å². The van der Waals surface area contributed by atoms with Gasteiger partial charge >= 0.3 is 6.03 Å². The molecular weight excluding hydrogens is 336 g/mol. The summed E-state index contributed by atoms with van der Waals surface area (Å²) in [5.74, 6) is -0.791. The van der Waals surface area contributed by atoms with Gasteiger partial charge in [-0.25, -0.2) is 4.79 Å². The topological polar surface area (TPSA) is 104 Å². The van der Waals surface area contributed by atoms with Crippen molar-refractivity contribution in [1.82, 2.24) is 20.5 Å². The molecule has 1 aromatic carbocycles. The van der Waals surface area contributed by atoms with E-state index >= 15 is 0 Å². The first-order chi connectivity index (χ1) is 12.5. The van der Waals surface area contributed by atoms with Crippen molar-refractivity contribution in [3.8, 4) is 0 Å². The van der Waals surface area contributed by atoms with Crippen molar-refractivity contribution >= 4 is 28.7 Å². The van der Waals surface area contributed by atoms with Gasteiger partial charge in [0.15, 0.2) is 0 Å². The van der Waals surface area contributed by atoms with E-state index in [0.717, 1.165) is 21.4 Å². The van der Waals surface area contributed by atoms with Gasteiger partial charge in [-0.2, -0.15) is 0 Å². The van der Waals surface area contributed by atoms with Crippen LogP contribution < -0.4 is 10.6 Å². The number of fused-ring (bicyclic) bond motifs is 1. The van der Waals surface area contributed by atoms with Crippen LogP contribution in [0, 0.1) is 0 Å². The standard InChI is InChI=1S/C18H22N4O4/c1-11(10-26-2)20-16(23)9-22-17(24)15(21-18(22)25)7-12-8-19-14-6-4-3-5-13(12)14/h3-6,8,11,15,19H,7,9-10H2,1-2H3,(H,20,23)(H,21,25). The summed E-state index contributed by atoms with van der Waals surface area (Å²) in [5, 5.41) is 6.36. The number of hydrogen-bond donors (Lipinski definition) is 3. The number of nitrogens with zero attached hydrogens (tertiary/aromatic N) is 1. The fourth-order valence-corrected chi connectivity index (χ4v) is 3.14. The molecular formula is C18H22N4O4. The highest BCUT2D eigenvalue weighted by Crippen LogP contribution is 2.21. The number of carbonyl (C=O) groups excluding carboxylic acids is 3. The average Bonchev–Trinajstić information content (AvgIpc) is 3.12. The number of benzene rings is 1. The molecule has 26 heavy (non-hydrogen) atoms. The molecule has 3 rings (SSSR count). The van der Waals surface area contributed by atoms with E-state index < -0.39 is 23.9 Å². The number of carbonyl (C=O) groups is 3. The van der Waals surface area contributed by atoms with Crippen LogP contribution in [0.15, 0.2) is 30.5 Å². The average molecular weight is 358 g/mol. The second kappa shape index (κ2) is 7.57. The highest BCUT2D eigenvalue weighted by molar-refractivity contribution is 6.06. The summed E-state index contributed by atoms with van der Waals surface area (Å²) in [4.78, 5) is 40.8. The van der Waals surface area contributed by atoms with E-state index in [0.29, 0.717) is 13.0 Å². The minimum Gasteiger partial charge on any atom is -0.383 e. The molecule has 0 radical (unpaired) electrons. The Kier molecular flexibility index (Phi) is 5.22. The van der Waals surface area contributed by atoms with Crippen LogP contribution in [-0.4, -0.2) is 60.1 Å². The van der Waals surface area contributed by atoms with Crippen molar-refractivity contribution in [2.24, 2.45) is 0 Å². The quantitative estimate of drug-likeness (QED) is 0.636. The zero-order chi connectivity index (χ0) is 18.7. The van der Waals surface area contributed by atoms with Gasteiger partial charge in [-0.15, -0.1) is 0 Å². The van der Waals surface area contributed by atoms with Gasteiger partial charge in [-0.1, -0.05) is 18.2 Å². The number of amides is 4. The number of methoxy groups -OCH3 is 1. The summed E-state index contributed by atoms with van der Waals surface area (Å²) in [6.45, 7) is 1.84. The molecule has 3 N–H and O–H groups in total. The molecule has 0 bridgehead atoms. The lowest BCUT2D eigenvalue weighted by atomic mass is 10.1. The predicted octanol–water partition coefficient (Wildman–Crippen LogP) is 0.782. The highest BCUT2D eigenvalue weighted by atomic mass is 16.5. The Morgan fingerprint density at radius 1 is 1.35 bits per heavy atom. The number of hydrogen-bond acceptors (Lipinski definition) is 4. The van der Waals surface area contributed by atoms with Gasteiger partial charge in [0.25, 0.3) is 5.91 Å². The number of urea groups is 1. The Labute approximate surface area is 150 Å². The second-order valence-electron chi connectivity index (χ2n) is 6.41. The number of imide groups is 1. The maximum absolute atomic E-state index is 12.6. The summed E-state index contributed by atoms with van der Waals surface area (Å²) < 4.78 is 4.95. The Morgan fingerprint density at radius 3 is 2.88 bits per heavy atom. The molecule has 2 atom stereocenters. The van der Waals surface area contributed by atoms with Crippen molar-refractivity contribution < 1.29 is 19.1 Å². The van der Waals surface area contributed by atoms with Crippen molar-refractivity contribution in [2.75, 3.05) is 20.3 Å². The minimum absolute atomic E-state index is 0.199. The molecule has 4 amide bonds. The number of nitrogens with one attached hydrogen (secondary N) is 3. The molecule has 1 fully saturated rings. The molecule has 1 aliphatic rings. The molecule has 1 saturated heterocycles. The molecule has 8 heteroatoms. The van der Waals surface area contributed by atoms with Gasteiger partial charge < -0.3 is 20.4 Å². The maximum atomic E-state index is 12.6. The Bertz CT molecular complexity index is 831. The van der Waals surface area contributed by atoms with Crippen LogP contribution in [0.25, 0.3) is 10.9 Å². The monoisotopic (exact) mass is 358 g/mol. The number of rotatable bonds is 7. The van der Waals surface area contributed by atoms with E-state index in [1.54, 1.807) is 6.92 Å². The first-order valence-corrected chi connectivity index (χ1v) is 8.44. The van der Waals surface area contributed by atoms with Crippen molar-refractivity contribution in [3.63, 3.8) is 0 Å². The second-order valence-corrected chi connectivity index (χ2v) is 6.41. The zero-order valence-electron chi connectivity index (χ0n) is 14.7. The molecule has 0 aliphatic carbocycles. The van der Waals surface area contributed by atoms with Crippen LogP contribution >= 0.6 is 0 Å². The largest absolute Gasteiger partial charge is 0.383 e. The third-order valence-corrected chi connectivity index (χ3v) is 4.33. The van der Waals surface area contributed by atoms with Gasteiger partial charge in [0.05, 0.1) is 6.61 Å². The van der Waals surface area contributed by atoms with E-state index in [4.69, 9.17) is 4.74 Å². The highest BCUT2D eigenvalue weighted by Gasteiger charge is 2.39. The summed E-state index contributed by atoms with van der Waals surface area (Å²) in [6.07, 6.45) is 2.21. The Morgan fingerprint density at radius 2 is 2.12 bits per heavy atom. The fourth-order valence-electron chi connectivity index (χ4n) is 3.14. The van der Waals surface area contributed by atoms with E-state index in [2.05, 4.69) is 15.6 Å². The first-order valence-electron chi connectivity index (χ1n) is 8.44. The molecule has 8 nitrogen and oxygen atoms in total. The summed E-state index contributed by atoms with van der Waals surface area (Å²) >= 11 is 0. The van der Waals surface area contributed by atoms with Crippen LogP contribution in [0.1, 0.15) is 12.5 Å². The number of aromatic amines is 1. The van der Waals surface area contributed by atoms with Crippen LogP contribution in [0.4, 0.5) is 4.79 Å². The molecule has 2 heterocycles. The van der Waals surface area contributed by atoms with Gasteiger partial charge in [0.2, 0.25) is 5.91 Å². The van der Waals surface area contributed by atoms with E-state index in [1.807, 2.05) is 30.5 Å². The van der Waals surface area contributed by atoms with Crippen LogP contribution in [-0.2, 0) is 20.7 Å². The SMILES string of the molecule is COCC(C)NC(=O)CN1C(=O)NC(Cc2c[nH]c3ccccc23)C1=O. The maximum Gasteiger partial charge on any atom is 0.325 e. The third kappa shape index (κ3) is 3.70. The molecule has 1 aliphatic heterocycles. The number of aromatic nitrogens is 1. The third-order valence-electron chi connectivity index (χ3n) is 4.33. The normalized spacial score (nSPS) is 18.2. The molecule has 0 spiro atoms. The molecule has 2 unspecified atom stereocenters. The van der Waals surface area contributed by atoms with Gasteiger partial charge in [0, 0.05) is 36.7 Å². The van der Waals surface area contributed by atoms with Crippen molar-refractivity contribution in [2.45, 2.75) is 25.4 Å². The van der Waals surface area contributed by atoms with Crippen LogP contribution in [0.5, 0.6) is 0 Å². The predicted molar refractivity (Wildman–Crippen MR) is 95.5 cm³/mol. The van der Waals surface area contributed by atoms with Gasteiger partial charge in [-0.3, -0.25) is 14.5 Å². The van der Waals surface area contributed by atoms with E-state index in [1.165, 1.54) is 7.11 Å². The lowest BCUT2D eigenvalue weighted by molar-refractivity contribution is -0.132. The number of H-pyrrole nitrogens is 1. The molecule has 1 aromatic heterocycles. The molecule has 2 aromatic rings. The Hall–Kier alpha value is -2.87. The fraction of sp³-hybridized carbons (Fsp3) is 0.389. The van der Waals surface area contributed by atoms with Crippen LogP contribution in [0.2, 0.25) is 0 Å². The number of para-hydroxylation sites is 1. The zero-order valence-corrected chi connectivity index (χ0v) is 14.7. The van der Waals surface area contributed by atoms with Crippen molar-refractivity contribution in [3.05, 3.63) is 36.0 Å². The van der Waals surface area contributed by atoms with Crippen LogP contribution in [0.3, 0.4) is 0 Å². The van der Waals surface area contributed by atoms with E-state index in [-0.39, 0.29) is 12.6 Å². The molecule has 138 valence electrons. The Balaban J connectivity index is 1.64. The number of ether oxygens (including phenoxy) is 1. The first kappa shape index (κ1) is 17.9. The molecule has 0 saturated carbocycles. The lowest BCUT2D eigenvalue weighted by Crippen LogP contribution is -2.45. The summed E-state index contributed by atoms with van der Waals surface area (Å²) in [5.41, 5.74) is 1.92. The minimum atomic E-state index is -0.675. The van der Waals surface area contributed by atoms with Gasteiger partial charge in [0.1, 0.15) is 12.6 Å².